The average molecular weight is 510 g/mol. The molecule has 0 spiro atoms. The van der Waals surface area contributed by atoms with Crippen molar-refractivity contribution in [2.24, 2.45) is 0 Å². The third kappa shape index (κ3) is 5.50. The van der Waals surface area contributed by atoms with Gasteiger partial charge in [0.25, 0.3) is 5.91 Å². The van der Waals surface area contributed by atoms with Crippen molar-refractivity contribution in [3.63, 3.8) is 0 Å². The summed E-state index contributed by atoms with van der Waals surface area (Å²) >= 11 is 12.6. The zero-order chi connectivity index (χ0) is 24.1. The number of rotatable bonds is 7. The number of carbonyl (C=O) groups excluding carboxylic acids is 2. The van der Waals surface area contributed by atoms with E-state index in [-0.39, 0.29) is 5.91 Å². The lowest BCUT2D eigenvalue weighted by molar-refractivity contribution is -0.148. The van der Waals surface area contributed by atoms with Crippen LogP contribution in [0, 0.1) is 0 Å². The van der Waals surface area contributed by atoms with E-state index in [1.54, 1.807) is 30.3 Å². The van der Waals surface area contributed by atoms with Gasteiger partial charge in [-0.3, -0.25) is 9.69 Å². The Balaban J connectivity index is 1.54. The number of thioether (sulfide) groups is 1. The number of methoxy groups -OCH3 is 1. The molecule has 0 saturated carbocycles. The number of nitrogens with zero attached hydrogens (tertiary/aromatic N) is 1. The Morgan fingerprint density at radius 3 is 2.53 bits per heavy atom. The van der Waals surface area contributed by atoms with Crippen LogP contribution in [0.4, 0.5) is 0 Å². The van der Waals surface area contributed by atoms with E-state index in [0.717, 1.165) is 22.9 Å². The zero-order valence-corrected chi connectivity index (χ0v) is 20.5. The van der Waals surface area contributed by atoms with Crippen molar-refractivity contribution in [1.82, 2.24) is 4.90 Å². The molecule has 0 radical (unpaired) electrons. The number of benzene rings is 3. The maximum atomic E-state index is 13.3. The molecule has 4 rings (SSSR count). The molecule has 1 atom stereocenters. The van der Waals surface area contributed by atoms with Gasteiger partial charge in [0.2, 0.25) is 0 Å². The predicted molar refractivity (Wildman–Crippen MR) is 138 cm³/mol. The van der Waals surface area contributed by atoms with Gasteiger partial charge in [0.05, 0.1) is 12.0 Å². The monoisotopic (exact) mass is 509 g/mol. The second-order valence-corrected chi connectivity index (χ2v) is 9.49. The molecule has 3 aromatic rings. The number of carbonyl (C=O) groups is 2. The van der Waals surface area contributed by atoms with Gasteiger partial charge in [-0.15, -0.1) is 0 Å². The molecule has 5 nitrogen and oxygen atoms in total. The standard InChI is InChI=1S/C26H20ClNO4S2/c1-31-25(30)23(19-7-3-2-4-8-19)28-24(29)22(34-26(28)33)15-18-6-5-9-21(14-18)32-16-17-10-12-20(27)13-11-17/h2-15,23H,16H2,1H3/b22-15+. The van der Waals surface area contributed by atoms with Crippen molar-refractivity contribution in [2.75, 3.05) is 7.11 Å². The van der Waals surface area contributed by atoms with Gasteiger partial charge in [0, 0.05) is 5.02 Å². The van der Waals surface area contributed by atoms with E-state index in [1.165, 1.54) is 12.0 Å². The van der Waals surface area contributed by atoms with Crippen LogP contribution < -0.4 is 4.74 Å². The van der Waals surface area contributed by atoms with Gasteiger partial charge >= 0.3 is 5.97 Å². The van der Waals surface area contributed by atoms with Gasteiger partial charge in [-0.05, 0) is 47.0 Å². The van der Waals surface area contributed by atoms with Crippen LogP contribution in [0.2, 0.25) is 5.02 Å². The lowest BCUT2D eigenvalue weighted by Gasteiger charge is -2.24. The van der Waals surface area contributed by atoms with Gasteiger partial charge in [0.1, 0.15) is 16.7 Å². The minimum atomic E-state index is -0.946. The lowest BCUT2D eigenvalue weighted by atomic mass is 10.1. The number of amides is 1. The molecule has 1 heterocycles. The highest BCUT2D eigenvalue weighted by molar-refractivity contribution is 8.26. The molecular formula is C26H20ClNO4S2. The Morgan fingerprint density at radius 2 is 1.82 bits per heavy atom. The smallest absolute Gasteiger partial charge is 0.333 e. The second-order valence-electron chi connectivity index (χ2n) is 7.38. The van der Waals surface area contributed by atoms with E-state index >= 15 is 0 Å². The quantitative estimate of drug-likeness (QED) is 0.220. The fourth-order valence-electron chi connectivity index (χ4n) is 3.43. The highest BCUT2D eigenvalue weighted by atomic mass is 35.5. The minimum Gasteiger partial charge on any atom is -0.489 e. The third-order valence-corrected chi connectivity index (χ3v) is 6.68. The molecule has 1 fully saturated rings. The highest BCUT2D eigenvalue weighted by Crippen LogP contribution is 2.39. The topological polar surface area (TPSA) is 55.8 Å². The van der Waals surface area contributed by atoms with E-state index in [9.17, 15) is 9.59 Å². The van der Waals surface area contributed by atoms with Crippen molar-refractivity contribution in [2.45, 2.75) is 12.6 Å². The van der Waals surface area contributed by atoms with Crippen LogP contribution in [-0.4, -0.2) is 28.2 Å². The molecule has 8 heteroatoms. The summed E-state index contributed by atoms with van der Waals surface area (Å²) in [6.07, 6.45) is 1.74. The Bertz CT molecular complexity index is 1250. The van der Waals surface area contributed by atoms with Gasteiger partial charge in [-0.1, -0.05) is 90.2 Å². The molecule has 1 amide bonds. The molecule has 3 aromatic carbocycles. The fraction of sp³-hybridized carbons (Fsp3) is 0.115. The van der Waals surface area contributed by atoms with Gasteiger partial charge in [-0.25, -0.2) is 4.79 Å². The van der Waals surface area contributed by atoms with Crippen LogP contribution in [0.5, 0.6) is 5.75 Å². The van der Waals surface area contributed by atoms with Crippen LogP contribution in [0.25, 0.3) is 6.08 Å². The molecule has 0 aliphatic carbocycles. The zero-order valence-electron chi connectivity index (χ0n) is 18.1. The van der Waals surface area contributed by atoms with Crippen LogP contribution in [0.1, 0.15) is 22.7 Å². The molecule has 172 valence electrons. The second kappa shape index (κ2) is 10.9. The fourth-order valence-corrected chi connectivity index (χ4v) is 4.87. The third-order valence-electron chi connectivity index (χ3n) is 5.10. The van der Waals surface area contributed by atoms with E-state index in [1.807, 2.05) is 54.6 Å². The number of halogens is 1. The van der Waals surface area contributed by atoms with Crippen LogP contribution >= 0.6 is 35.6 Å². The normalized spacial score (nSPS) is 15.5. The molecule has 1 saturated heterocycles. The molecule has 34 heavy (non-hydrogen) atoms. The number of esters is 1. The Morgan fingerprint density at radius 1 is 1.09 bits per heavy atom. The summed E-state index contributed by atoms with van der Waals surface area (Å²) in [6.45, 7) is 0.390. The SMILES string of the molecule is COC(=O)C(c1ccccc1)N1C(=O)/C(=C\c2cccc(OCc3ccc(Cl)cc3)c2)SC1=S. The molecule has 1 aliphatic rings. The summed E-state index contributed by atoms with van der Waals surface area (Å²) in [5, 5.41) is 0.671. The summed E-state index contributed by atoms with van der Waals surface area (Å²) in [5.41, 5.74) is 2.40. The average Bonchev–Trinajstić information content (AvgIpc) is 3.12. The summed E-state index contributed by atoms with van der Waals surface area (Å²) < 4.78 is 11.2. The lowest BCUT2D eigenvalue weighted by Crippen LogP contribution is -2.37. The van der Waals surface area contributed by atoms with Gasteiger partial charge < -0.3 is 9.47 Å². The van der Waals surface area contributed by atoms with Crippen LogP contribution in [0.3, 0.4) is 0 Å². The summed E-state index contributed by atoms with van der Waals surface area (Å²) in [7, 11) is 1.29. The van der Waals surface area contributed by atoms with Crippen molar-refractivity contribution in [1.29, 1.82) is 0 Å². The number of hydrogen-bond donors (Lipinski definition) is 0. The van der Waals surface area contributed by atoms with Crippen molar-refractivity contribution >= 4 is 57.9 Å². The Hall–Kier alpha value is -3.13. The molecule has 0 N–H and O–H groups in total. The first-order valence-electron chi connectivity index (χ1n) is 10.3. The molecule has 0 bridgehead atoms. The van der Waals surface area contributed by atoms with Crippen LogP contribution in [0.15, 0.2) is 83.8 Å². The summed E-state index contributed by atoms with van der Waals surface area (Å²) in [6, 6.07) is 22.9. The first-order valence-corrected chi connectivity index (χ1v) is 11.9. The molecular weight excluding hydrogens is 490 g/mol. The first kappa shape index (κ1) is 24.0. The minimum absolute atomic E-state index is 0.297. The highest BCUT2D eigenvalue weighted by Gasteiger charge is 2.41. The van der Waals surface area contributed by atoms with E-state index < -0.39 is 12.0 Å². The molecule has 0 aromatic heterocycles. The molecule has 1 unspecified atom stereocenters. The van der Waals surface area contributed by atoms with E-state index in [2.05, 4.69) is 0 Å². The number of ether oxygens (including phenoxy) is 2. The molecule has 1 aliphatic heterocycles. The van der Waals surface area contributed by atoms with Gasteiger partial charge in [-0.2, -0.15) is 0 Å². The maximum absolute atomic E-state index is 13.3. The first-order chi connectivity index (χ1) is 16.5. The Labute approximate surface area is 212 Å². The maximum Gasteiger partial charge on any atom is 0.333 e. The van der Waals surface area contributed by atoms with Crippen LogP contribution in [-0.2, 0) is 20.9 Å². The summed E-state index contributed by atoms with van der Waals surface area (Å²) in [5.74, 6) is -0.237. The Kier molecular flexibility index (Phi) is 7.67. The number of hydrogen-bond acceptors (Lipinski definition) is 6. The van der Waals surface area contributed by atoms with E-state index in [4.69, 9.17) is 33.3 Å². The van der Waals surface area contributed by atoms with Crippen molar-refractivity contribution < 1.29 is 19.1 Å². The van der Waals surface area contributed by atoms with Gasteiger partial charge in [0.15, 0.2) is 6.04 Å². The van der Waals surface area contributed by atoms with Crippen molar-refractivity contribution in [3.8, 4) is 5.75 Å². The van der Waals surface area contributed by atoms with E-state index in [0.29, 0.717) is 32.2 Å². The predicted octanol–water partition coefficient (Wildman–Crippen LogP) is 6.03. The summed E-state index contributed by atoms with van der Waals surface area (Å²) in [4.78, 5) is 27.6. The number of thiocarbonyl (C=S) groups is 1. The largest absolute Gasteiger partial charge is 0.489 e. The van der Waals surface area contributed by atoms with Crippen molar-refractivity contribution in [3.05, 3.63) is 105 Å².